The van der Waals surface area contributed by atoms with Crippen LogP contribution in [0, 0.1) is 0 Å². The van der Waals surface area contributed by atoms with Crippen LogP contribution in [0.1, 0.15) is 20.7 Å². The molecule has 1 aliphatic rings. The molecular formula is C24H15N3O5. The SMILES string of the molecule is O=C(CN1C(=O)c2ccccc2C1=O)Nc1cccc(-c2nc3ccccc3c(=O)o2)c1. The van der Waals surface area contributed by atoms with Gasteiger partial charge in [0.15, 0.2) is 0 Å². The number of imide groups is 1. The Morgan fingerprint density at radius 2 is 1.56 bits per heavy atom. The molecule has 5 rings (SSSR count). The number of aromatic nitrogens is 1. The van der Waals surface area contributed by atoms with E-state index in [1.807, 2.05) is 0 Å². The first kappa shape index (κ1) is 19.4. The highest BCUT2D eigenvalue weighted by molar-refractivity contribution is 6.22. The first-order chi connectivity index (χ1) is 15.5. The van der Waals surface area contributed by atoms with Crippen molar-refractivity contribution in [3.63, 3.8) is 0 Å². The number of carbonyl (C=O) groups excluding carboxylic acids is 3. The molecule has 0 aliphatic carbocycles. The zero-order valence-corrected chi connectivity index (χ0v) is 16.6. The minimum absolute atomic E-state index is 0.116. The first-order valence-corrected chi connectivity index (χ1v) is 9.77. The molecule has 3 amide bonds. The number of hydrogen-bond donors (Lipinski definition) is 1. The minimum atomic E-state index is -0.537. The predicted octanol–water partition coefficient (Wildman–Crippen LogP) is 3.09. The van der Waals surface area contributed by atoms with E-state index in [1.165, 1.54) is 0 Å². The van der Waals surface area contributed by atoms with Gasteiger partial charge in [-0.2, -0.15) is 0 Å². The molecule has 0 saturated carbocycles. The molecule has 1 aromatic heterocycles. The Morgan fingerprint density at radius 3 is 2.31 bits per heavy atom. The Balaban J connectivity index is 1.36. The van der Waals surface area contributed by atoms with Gasteiger partial charge < -0.3 is 9.73 Å². The molecule has 0 spiro atoms. The highest BCUT2D eigenvalue weighted by atomic mass is 16.4. The van der Waals surface area contributed by atoms with E-state index in [9.17, 15) is 19.2 Å². The fourth-order valence-corrected chi connectivity index (χ4v) is 3.60. The maximum absolute atomic E-state index is 12.5. The molecule has 0 fully saturated rings. The third-order valence-corrected chi connectivity index (χ3v) is 5.11. The molecule has 0 unspecified atom stereocenters. The molecule has 1 aliphatic heterocycles. The highest BCUT2D eigenvalue weighted by Crippen LogP contribution is 2.24. The van der Waals surface area contributed by atoms with Crippen molar-refractivity contribution in [3.8, 4) is 11.5 Å². The average Bonchev–Trinajstić information content (AvgIpc) is 3.04. The second-order valence-electron chi connectivity index (χ2n) is 7.19. The molecule has 156 valence electrons. The van der Waals surface area contributed by atoms with Gasteiger partial charge in [0.1, 0.15) is 6.54 Å². The van der Waals surface area contributed by atoms with E-state index in [0.29, 0.717) is 22.2 Å². The Labute approximate surface area is 181 Å². The van der Waals surface area contributed by atoms with Crippen molar-refractivity contribution < 1.29 is 18.8 Å². The summed E-state index contributed by atoms with van der Waals surface area (Å²) >= 11 is 0. The zero-order chi connectivity index (χ0) is 22.2. The van der Waals surface area contributed by atoms with Crippen LogP contribution in [-0.4, -0.2) is 34.2 Å². The molecule has 1 N–H and O–H groups in total. The van der Waals surface area contributed by atoms with Gasteiger partial charge in [0.2, 0.25) is 11.8 Å². The number of benzene rings is 3. The van der Waals surface area contributed by atoms with Crippen LogP contribution in [0.4, 0.5) is 5.69 Å². The van der Waals surface area contributed by atoms with Crippen LogP contribution in [0.15, 0.2) is 82.0 Å². The Kier molecular flexibility index (Phi) is 4.59. The number of anilines is 1. The van der Waals surface area contributed by atoms with E-state index in [2.05, 4.69) is 10.3 Å². The van der Waals surface area contributed by atoms with Gasteiger partial charge in [-0.05, 0) is 42.5 Å². The molecule has 0 bridgehead atoms. The van der Waals surface area contributed by atoms with Crippen molar-refractivity contribution in [2.45, 2.75) is 0 Å². The maximum atomic E-state index is 12.5. The van der Waals surface area contributed by atoms with Crippen LogP contribution in [0.2, 0.25) is 0 Å². The molecular weight excluding hydrogens is 410 g/mol. The van der Waals surface area contributed by atoms with Crippen molar-refractivity contribution >= 4 is 34.3 Å². The van der Waals surface area contributed by atoms with Crippen molar-refractivity contribution in [2.75, 3.05) is 11.9 Å². The first-order valence-electron chi connectivity index (χ1n) is 9.77. The Morgan fingerprint density at radius 1 is 0.875 bits per heavy atom. The second kappa shape index (κ2) is 7.59. The van der Waals surface area contributed by atoms with Gasteiger partial charge in [-0.3, -0.25) is 19.3 Å². The fourth-order valence-electron chi connectivity index (χ4n) is 3.60. The summed E-state index contributed by atoms with van der Waals surface area (Å²) in [4.78, 5) is 55.0. The fraction of sp³-hybridized carbons (Fsp3) is 0.0417. The molecule has 2 heterocycles. The molecule has 3 aromatic carbocycles. The number of nitrogens with one attached hydrogen (secondary N) is 1. The van der Waals surface area contributed by atoms with Gasteiger partial charge in [-0.1, -0.05) is 30.3 Å². The summed E-state index contributed by atoms with van der Waals surface area (Å²) in [6.45, 7) is -0.417. The van der Waals surface area contributed by atoms with E-state index in [0.717, 1.165) is 4.90 Å². The number of para-hydroxylation sites is 1. The average molecular weight is 425 g/mol. The molecule has 0 atom stereocenters. The lowest BCUT2D eigenvalue weighted by molar-refractivity contribution is -0.116. The smallest absolute Gasteiger partial charge is 0.347 e. The molecule has 32 heavy (non-hydrogen) atoms. The number of amides is 3. The van der Waals surface area contributed by atoms with Crippen molar-refractivity contribution in [2.24, 2.45) is 0 Å². The zero-order valence-electron chi connectivity index (χ0n) is 16.6. The number of rotatable bonds is 4. The van der Waals surface area contributed by atoms with Crippen LogP contribution < -0.4 is 10.9 Å². The van der Waals surface area contributed by atoms with E-state index in [4.69, 9.17) is 4.42 Å². The van der Waals surface area contributed by atoms with Gasteiger partial charge in [-0.25, -0.2) is 9.78 Å². The van der Waals surface area contributed by atoms with Crippen molar-refractivity contribution in [1.29, 1.82) is 0 Å². The normalized spacial score (nSPS) is 12.8. The topological polar surface area (TPSA) is 110 Å². The molecule has 4 aromatic rings. The summed E-state index contributed by atoms with van der Waals surface area (Å²) in [7, 11) is 0. The maximum Gasteiger partial charge on any atom is 0.347 e. The Bertz CT molecular complexity index is 1440. The van der Waals surface area contributed by atoms with Crippen LogP contribution in [0.25, 0.3) is 22.4 Å². The summed E-state index contributed by atoms with van der Waals surface area (Å²) in [5, 5.41) is 3.04. The van der Waals surface area contributed by atoms with Gasteiger partial charge >= 0.3 is 5.63 Å². The number of hydrogen-bond acceptors (Lipinski definition) is 6. The second-order valence-corrected chi connectivity index (χ2v) is 7.19. The number of carbonyl (C=O) groups is 3. The van der Waals surface area contributed by atoms with E-state index < -0.39 is 29.9 Å². The van der Waals surface area contributed by atoms with E-state index in [1.54, 1.807) is 72.8 Å². The standard InChI is InChI=1S/C24H15N3O5/c28-20(13-27-22(29)16-8-1-2-9-17(16)23(27)30)25-15-7-5-6-14(12-15)21-26-19-11-4-3-10-18(19)24(31)32-21/h1-12H,13H2,(H,25,28). The van der Waals surface area contributed by atoms with Gasteiger partial charge in [0, 0.05) is 11.3 Å². The predicted molar refractivity (Wildman–Crippen MR) is 116 cm³/mol. The van der Waals surface area contributed by atoms with Crippen LogP contribution in [-0.2, 0) is 4.79 Å². The minimum Gasteiger partial charge on any atom is -0.403 e. The van der Waals surface area contributed by atoms with Crippen LogP contribution in [0.5, 0.6) is 0 Å². The highest BCUT2D eigenvalue weighted by Gasteiger charge is 2.36. The van der Waals surface area contributed by atoms with E-state index in [-0.39, 0.29) is 17.0 Å². The molecule has 0 radical (unpaired) electrons. The van der Waals surface area contributed by atoms with Gasteiger partial charge in [0.25, 0.3) is 11.8 Å². The third kappa shape index (κ3) is 3.33. The summed E-state index contributed by atoms with van der Waals surface area (Å²) < 4.78 is 5.33. The largest absolute Gasteiger partial charge is 0.403 e. The molecule has 0 saturated heterocycles. The summed E-state index contributed by atoms with van der Waals surface area (Å²) in [6.07, 6.45) is 0. The van der Waals surface area contributed by atoms with Crippen LogP contribution in [0.3, 0.4) is 0 Å². The lowest BCUT2D eigenvalue weighted by Gasteiger charge is -2.14. The van der Waals surface area contributed by atoms with E-state index >= 15 is 0 Å². The van der Waals surface area contributed by atoms with Gasteiger partial charge in [0.05, 0.1) is 22.0 Å². The van der Waals surface area contributed by atoms with Crippen molar-refractivity contribution in [3.05, 3.63) is 94.3 Å². The quantitative estimate of drug-likeness (QED) is 0.503. The summed E-state index contributed by atoms with van der Waals surface area (Å²) in [5.41, 5.74) is 1.45. The number of fused-ring (bicyclic) bond motifs is 2. The third-order valence-electron chi connectivity index (χ3n) is 5.11. The molecule has 8 heteroatoms. The van der Waals surface area contributed by atoms with Crippen LogP contribution >= 0.6 is 0 Å². The monoisotopic (exact) mass is 425 g/mol. The lowest BCUT2D eigenvalue weighted by Crippen LogP contribution is -2.37. The van der Waals surface area contributed by atoms with Crippen molar-refractivity contribution in [1.82, 2.24) is 9.88 Å². The number of nitrogens with zero attached hydrogens (tertiary/aromatic N) is 2. The Hall–Kier alpha value is -4.59. The molecule has 8 nitrogen and oxygen atoms in total. The summed E-state index contributed by atoms with van der Waals surface area (Å²) in [5.74, 6) is -1.43. The lowest BCUT2D eigenvalue weighted by atomic mass is 10.1. The van der Waals surface area contributed by atoms with Gasteiger partial charge in [-0.15, -0.1) is 0 Å². The summed E-state index contributed by atoms with van der Waals surface area (Å²) in [6, 6.07) is 19.9.